The van der Waals surface area contributed by atoms with Crippen LogP contribution in [0, 0.1) is 0 Å². The molecule has 0 atom stereocenters. The standard InChI is InChI=1S/C23H16F12O6/c24-20(25,26)18(38,21(27,28)29)16(36)39-11-10-13-6-8-15(9-7-13)41-19(22(30,31)32,23(33,34)35)17(37)40-12-14-4-2-1-3-5-14/h1-9,38H,10-12H2. The Morgan fingerprint density at radius 2 is 1.10 bits per heavy atom. The topological polar surface area (TPSA) is 82.1 Å². The fraction of sp³-hybridized carbons (Fsp3) is 0.391. The van der Waals surface area contributed by atoms with Crippen molar-refractivity contribution in [3.8, 4) is 5.75 Å². The zero-order valence-electron chi connectivity index (χ0n) is 19.8. The van der Waals surface area contributed by atoms with Gasteiger partial charge in [0.15, 0.2) is 0 Å². The quantitative estimate of drug-likeness (QED) is 0.292. The van der Waals surface area contributed by atoms with Crippen LogP contribution < -0.4 is 4.74 Å². The lowest BCUT2D eigenvalue weighted by Gasteiger charge is -2.35. The molecule has 2 aromatic rings. The minimum Gasteiger partial charge on any atom is -0.463 e. The second-order valence-corrected chi connectivity index (χ2v) is 8.08. The highest BCUT2D eigenvalue weighted by Gasteiger charge is 2.80. The first-order chi connectivity index (χ1) is 18.6. The minimum atomic E-state index is -6.51. The number of esters is 2. The SMILES string of the molecule is O=C(OCCc1ccc(OC(C(=O)OCc2ccccc2)(C(F)(F)F)C(F)(F)F)cc1)C(O)(C(F)(F)F)C(F)(F)F. The van der Waals surface area contributed by atoms with Crippen LogP contribution in [0.3, 0.4) is 0 Å². The van der Waals surface area contributed by atoms with Crippen LogP contribution in [0.1, 0.15) is 11.1 Å². The summed E-state index contributed by atoms with van der Waals surface area (Å²) in [5.41, 5.74) is -11.5. The van der Waals surface area contributed by atoms with Crippen LogP contribution in [-0.4, -0.2) is 59.6 Å². The van der Waals surface area contributed by atoms with E-state index in [4.69, 9.17) is 5.11 Å². The van der Waals surface area contributed by atoms with E-state index in [2.05, 4.69) is 14.2 Å². The van der Waals surface area contributed by atoms with E-state index in [0.29, 0.717) is 12.1 Å². The molecule has 0 spiro atoms. The molecule has 0 fully saturated rings. The predicted octanol–water partition coefficient (Wildman–Crippen LogP) is 5.61. The molecule has 0 saturated heterocycles. The molecule has 0 aromatic heterocycles. The zero-order chi connectivity index (χ0) is 31.5. The number of hydrogen-bond donors (Lipinski definition) is 1. The van der Waals surface area contributed by atoms with E-state index in [-0.39, 0.29) is 11.1 Å². The summed E-state index contributed by atoms with van der Waals surface area (Å²) >= 11 is 0. The third-order valence-electron chi connectivity index (χ3n) is 5.23. The van der Waals surface area contributed by atoms with Crippen LogP contribution in [0.15, 0.2) is 54.6 Å². The number of halogens is 12. The van der Waals surface area contributed by atoms with Crippen molar-refractivity contribution in [1.82, 2.24) is 0 Å². The summed E-state index contributed by atoms with van der Waals surface area (Å²) in [6.07, 6.45) is -26.5. The monoisotopic (exact) mass is 616 g/mol. The molecule has 6 nitrogen and oxygen atoms in total. The molecule has 0 aliphatic rings. The molecule has 0 radical (unpaired) electrons. The highest BCUT2D eigenvalue weighted by molar-refractivity contribution is 5.83. The average Bonchev–Trinajstić information content (AvgIpc) is 2.83. The maximum atomic E-state index is 13.7. The summed E-state index contributed by atoms with van der Waals surface area (Å²) in [5, 5.41) is 8.91. The first-order valence-electron chi connectivity index (χ1n) is 10.7. The van der Waals surface area contributed by atoms with Crippen molar-refractivity contribution in [1.29, 1.82) is 0 Å². The van der Waals surface area contributed by atoms with Crippen LogP contribution in [0.5, 0.6) is 5.75 Å². The molecule has 0 aliphatic heterocycles. The van der Waals surface area contributed by atoms with E-state index in [1.54, 1.807) is 0 Å². The van der Waals surface area contributed by atoms with Gasteiger partial charge in [0.25, 0.3) is 0 Å². The Balaban J connectivity index is 2.21. The smallest absolute Gasteiger partial charge is 0.449 e. The van der Waals surface area contributed by atoms with E-state index < -0.39 is 73.2 Å². The summed E-state index contributed by atoms with van der Waals surface area (Å²) in [4.78, 5) is 23.6. The van der Waals surface area contributed by atoms with Crippen molar-refractivity contribution in [2.24, 2.45) is 0 Å². The molecule has 2 aromatic carbocycles. The first-order valence-corrected chi connectivity index (χ1v) is 10.7. The summed E-state index contributed by atoms with van der Waals surface area (Å²) in [6, 6.07) is 9.09. The Morgan fingerprint density at radius 3 is 1.54 bits per heavy atom. The van der Waals surface area contributed by atoms with Crippen LogP contribution in [-0.2, 0) is 32.1 Å². The Labute approximate surface area is 221 Å². The van der Waals surface area contributed by atoms with Gasteiger partial charge in [-0.05, 0) is 23.3 Å². The molecule has 2 rings (SSSR count). The van der Waals surface area contributed by atoms with Crippen molar-refractivity contribution in [3.05, 3.63) is 65.7 Å². The molecular formula is C23H16F12O6. The second-order valence-electron chi connectivity index (χ2n) is 8.08. The molecular weight excluding hydrogens is 600 g/mol. The highest BCUT2D eigenvalue weighted by Crippen LogP contribution is 2.47. The maximum absolute atomic E-state index is 13.7. The number of hydrogen-bond acceptors (Lipinski definition) is 6. The molecule has 1 N–H and O–H groups in total. The van der Waals surface area contributed by atoms with Crippen LogP contribution in [0.2, 0.25) is 0 Å². The third kappa shape index (κ3) is 6.97. The second kappa shape index (κ2) is 11.7. The highest BCUT2D eigenvalue weighted by atomic mass is 19.4. The van der Waals surface area contributed by atoms with Crippen LogP contribution in [0.4, 0.5) is 52.7 Å². The molecule has 0 unspecified atom stereocenters. The molecule has 0 bridgehead atoms. The number of alkyl halides is 12. The van der Waals surface area contributed by atoms with Gasteiger partial charge in [-0.2, -0.15) is 52.7 Å². The zero-order valence-corrected chi connectivity index (χ0v) is 19.8. The number of rotatable bonds is 9. The van der Waals surface area contributed by atoms with Gasteiger partial charge < -0.3 is 19.3 Å². The van der Waals surface area contributed by atoms with E-state index in [1.165, 1.54) is 30.3 Å². The third-order valence-corrected chi connectivity index (χ3v) is 5.23. The molecule has 228 valence electrons. The van der Waals surface area contributed by atoms with Crippen molar-refractivity contribution in [2.75, 3.05) is 6.61 Å². The Bertz CT molecular complexity index is 1160. The van der Waals surface area contributed by atoms with E-state index >= 15 is 0 Å². The van der Waals surface area contributed by atoms with Crippen LogP contribution in [0.25, 0.3) is 0 Å². The normalized spacial score (nSPS) is 13.5. The van der Waals surface area contributed by atoms with Crippen molar-refractivity contribution in [2.45, 2.75) is 48.9 Å². The molecule has 0 amide bonds. The summed E-state index contributed by atoms with van der Waals surface area (Å²) < 4.78 is 171. The summed E-state index contributed by atoms with van der Waals surface area (Å²) in [5.74, 6) is -7.16. The lowest BCUT2D eigenvalue weighted by molar-refractivity contribution is -0.357. The number of carbonyl (C=O) groups excluding carboxylic acids is 2. The van der Waals surface area contributed by atoms with E-state index in [0.717, 1.165) is 12.1 Å². The maximum Gasteiger partial charge on any atom is 0.449 e. The lowest BCUT2D eigenvalue weighted by atomic mass is 10.0. The lowest BCUT2D eigenvalue weighted by Crippen LogP contribution is -2.66. The van der Waals surface area contributed by atoms with E-state index in [9.17, 15) is 62.3 Å². The predicted molar refractivity (Wildman–Crippen MR) is 110 cm³/mol. The van der Waals surface area contributed by atoms with Gasteiger partial charge in [-0.15, -0.1) is 0 Å². The number of ether oxygens (including phenoxy) is 3. The van der Waals surface area contributed by atoms with Gasteiger partial charge in [-0.1, -0.05) is 42.5 Å². The molecule has 41 heavy (non-hydrogen) atoms. The molecule has 18 heteroatoms. The first kappa shape index (κ1) is 33.5. The average molecular weight is 616 g/mol. The van der Waals surface area contributed by atoms with Gasteiger partial charge in [-0.25, -0.2) is 9.59 Å². The van der Waals surface area contributed by atoms with Gasteiger partial charge in [0.2, 0.25) is 0 Å². The number of benzene rings is 2. The molecule has 0 saturated carbocycles. The van der Waals surface area contributed by atoms with Crippen molar-refractivity contribution >= 4 is 11.9 Å². The largest absolute Gasteiger partial charge is 0.463 e. The van der Waals surface area contributed by atoms with Gasteiger partial charge >= 0.3 is 47.8 Å². The molecule has 0 aliphatic carbocycles. The molecule has 0 heterocycles. The van der Waals surface area contributed by atoms with Crippen molar-refractivity contribution < 1.29 is 81.6 Å². The fourth-order valence-electron chi connectivity index (χ4n) is 3.03. The van der Waals surface area contributed by atoms with Crippen LogP contribution >= 0.6 is 0 Å². The summed E-state index contributed by atoms with van der Waals surface area (Å²) in [7, 11) is 0. The van der Waals surface area contributed by atoms with Gasteiger partial charge in [-0.3, -0.25) is 0 Å². The Morgan fingerprint density at radius 1 is 0.610 bits per heavy atom. The van der Waals surface area contributed by atoms with Gasteiger partial charge in [0.05, 0.1) is 6.61 Å². The summed E-state index contributed by atoms with van der Waals surface area (Å²) in [6.45, 7) is -2.21. The number of aliphatic hydroxyl groups is 1. The Kier molecular flexibility index (Phi) is 9.52. The Hall–Kier alpha value is -3.70. The van der Waals surface area contributed by atoms with E-state index in [1.807, 2.05) is 0 Å². The fourth-order valence-corrected chi connectivity index (χ4v) is 3.03. The number of carbonyl (C=O) groups is 2. The van der Waals surface area contributed by atoms with Crippen molar-refractivity contribution in [3.63, 3.8) is 0 Å². The minimum absolute atomic E-state index is 0.0491. The van der Waals surface area contributed by atoms with Gasteiger partial charge in [0, 0.05) is 6.42 Å². The van der Waals surface area contributed by atoms with Gasteiger partial charge in [0.1, 0.15) is 12.4 Å².